The van der Waals surface area contributed by atoms with Gasteiger partial charge in [0.05, 0.1) is 50.9 Å². The lowest BCUT2D eigenvalue weighted by molar-refractivity contribution is -0.905. The van der Waals surface area contributed by atoms with Crippen LogP contribution in [-0.2, 0) is 14.6 Å². The fourth-order valence-corrected chi connectivity index (χ4v) is 15.3. The van der Waals surface area contributed by atoms with E-state index in [1.54, 1.807) is 0 Å². The Labute approximate surface area is 291 Å². The Bertz CT molecular complexity index is 1550. The Hall–Kier alpha value is -1.70. The van der Waals surface area contributed by atoms with Gasteiger partial charge in [-0.05, 0) is 126 Å². The predicted octanol–water partition coefficient (Wildman–Crippen LogP) is 7.54. The van der Waals surface area contributed by atoms with E-state index in [-0.39, 0.29) is 22.3 Å². The van der Waals surface area contributed by atoms with Gasteiger partial charge in [-0.15, -0.1) is 0 Å². The zero-order valence-electron chi connectivity index (χ0n) is 31.0. The zero-order chi connectivity index (χ0) is 34.4. The number of rotatable bonds is 6. The van der Waals surface area contributed by atoms with E-state index in [2.05, 4.69) is 65.2 Å². The molecule has 266 valence electrons. The van der Waals surface area contributed by atoms with Crippen LogP contribution in [0.5, 0.6) is 0 Å². The number of quaternary nitrogens is 1. The summed E-state index contributed by atoms with van der Waals surface area (Å²) in [5.41, 5.74) is 4.63. The Morgan fingerprint density at radius 1 is 0.875 bits per heavy atom. The molecule has 1 aromatic carbocycles. The molecular weight excluding hydrogens is 617 g/mol. The first kappa shape index (κ1) is 34.7. The highest BCUT2D eigenvalue weighted by Crippen LogP contribution is 2.76. The molecule has 6 aliphatic rings. The third-order valence-electron chi connectivity index (χ3n) is 16.6. The van der Waals surface area contributed by atoms with Crippen LogP contribution in [0.15, 0.2) is 30.3 Å². The maximum atomic E-state index is 12.1. The van der Waals surface area contributed by atoms with Gasteiger partial charge in [-0.2, -0.15) is 0 Å². The average Bonchev–Trinajstić information content (AvgIpc) is 3.47. The number of likely N-dealkylation sites (N-methyl/N-ethyl adjacent to an activating group) is 1. The Kier molecular flexibility index (Phi) is 8.44. The Morgan fingerprint density at radius 2 is 1.58 bits per heavy atom. The van der Waals surface area contributed by atoms with Crippen LogP contribution in [0.2, 0.25) is 0 Å². The molecule has 1 aliphatic heterocycles. The minimum atomic E-state index is -2.84. The van der Waals surface area contributed by atoms with Gasteiger partial charge in [-0.25, -0.2) is 13.2 Å². The molecule has 48 heavy (non-hydrogen) atoms. The molecule has 4 saturated carbocycles. The number of sulfone groups is 1. The number of benzene rings is 1. The molecule has 8 atom stereocenters. The smallest absolute Gasteiger partial charge is 0.337 e. The number of nitrogens with zero attached hydrogens (tertiary/aromatic N) is 1. The van der Waals surface area contributed by atoms with E-state index < -0.39 is 9.84 Å². The van der Waals surface area contributed by atoms with Gasteiger partial charge in [-0.3, -0.25) is 0 Å². The van der Waals surface area contributed by atoms with Crippen LogP contribution >= 0.6 is 0 Å². The highest BCUT2D eigenvalue weighted by molar-refractivity contribution is 7.91. The fourth-order valence-electron chi connectivity index (χ4n) is 13.6. The van der Waals surface area contributed by atoms with Crippen LogP contribution in [0, 0.1) is 45.3 Å². The standard InChI is InChI=1S/C41H63N2O4S/c1-37(2)31(29-10-12-30(13-11-29)36(44)47-7)16-19-38(3)34(37)17-20-40(5)35(38)15-14-32-33-9-8-18-41(33,22-21-39(32,40)4)42-23-24-43(6)25-27-48(45,46)28-26-43/h10-13,16,32-35,42H,8-9,14-15,17-28H2,1-7H3/q+1/t32-,33-,34+,35-,38+,39-,40-,41+/m1/s1. The lowest BCUT2D eigenvalue weighted by Gasteiger charge is -2.72. The van der Waals surface area contributed by atoms with Gasteiger partial charge in [0.1, 0.15) is 0 Å². The predicted molar refractivity (Wildman–Crippen MR) is 194 cm³/mol. The molecule has 7 heteroatoms. The van der Waals surface area contributed by atoms with Crippen molar-refractivity contribution in [2.24, 2.45) is 45.3 Å². The second-order valence-electron chi connectivity index (χ2n) is 18.8. The number of nitrogens with one attached hydrogen (secondary N) is 1. The molecule has 7 rings (SSSR count). The van der Waals surface area contributed by atoms with Crippen molar-refractivity contribution in [3.63, 3.8) is 0 Å². The summed E-state index contributed by atoms with van der Waals surface area (Å²) in [6, 6.07) is 8.11. The molecule has 1 saturated heterocycles. The summed E-state index contributed by atoms with van der Waals surface area (Å²) in [6.07, 6.45) is 15.7. The van der Waals surface area contributed by atoms with Crippen molar-refractivity contribution >= 4 is 21.4 Å². The minimum absolute atomic E-state index is 0.0631. The molecule has 0 bridgehead atoms. The number of carbonyl (C=O) groups is 1. The van der Waals surface area contributed by atoms with Gasteiger partial charge in [-0.1, -0.05) is 59.2 Å². The molecule has 5 fully saturated rings. The third-order valence-corrected chi connectivity index (χ3v) is 18.2. The molecule has 0 spiro atoms. The second-order valence-corrected chi connectivity index (χ2v) is 21.1. The molecule has 0 aromatic heterocycles. The van der Waals surface area contributed by atoms with Gasteiger partial charge in [0, 0.05) is 12.1 Å². The van der Waals surface area contributed by atoms with Gasteiger partial charge >= 0.3 is 5.97 Å². The van der Waals surface area contributed by atoms with Crippen LogP contribution < -0.4 is 5.32 Å². The maximum Gasteiger partial charge on any atom is 0.337 e. The van der Waals surface area contributed by atoms with Crippen LogP contribution in [0.4, 0.5) is 0 Å². The molecule has 0 unspecified atom stereocenters. The summed E-state index contributed by atoms with van der Waals surface area (Å²) in [4.78, 5) is 12.1. The van der Waals surface area contributed by atoms with Crippen LogP contribution in [0.3, 0.4) is 0 Å². The topological polar surface area (TPSA) is 72.5 Å². The van der Waals surface area contributed by atoms with E-state index in [4.69, 9.17) is 4.74 Å². The molecular formula is C41H63N2O4S+. The van der Waals surface area contributed by atoms with Gasteiger partial charge < -0.3 is 14.5 Å². The first-order chi connectivity index (χ1) is 22.5. The average molecular weight is 680 g/mol. The van der Waals surface area contributed by atoms with Crippen LogP contribution in [-0.4, -0.2) is 76.3 Å². The number of methoxy groups -OCH3 is 1. The molecule has 0 radical (unpaired) electrons. The number of carbonyl (C=O) groups excluding carboxylic acids is 1. The highest BCUT2D eigenvalue weighted by atomic mass is 32.2. The number of ether oxygens (including phenoxy) is 1. The Balaban J connectivity index is 1.10. The summed E-state index contributed by atoms with van der Waals surface area (Å²) in [5.74, 6) is 3.31. The molecule has 1 N–H and O–H groups in total. The van der Waals surface area contributed by atoms with Crippen molar-refractivity contribution in [3.05, 3.63) is 41.5 Å². The van der Waals surface area contributed by atoms with Crippen LogP contribution in [0.1, 0.15) is 115 Å². The van der Waals surface area contributed by atoms with E-state index in [9.17, 15) is 13.2 Å². The second kappa shape index (κ2) is 11.7. The van der Waals surface area contributed by atoms with Gasteiger partial charge in [0.2, 0.25) is 0 Å². The van der Waals surface area contributed by atoms with Gasteiger partial charge in [0.25, 0.3) is 0 Å². The summed E-state index contributed by atoms with van der Waals surface area (Å²) in [6.45, 7) is 16.7. The van der Waals surface area contributed by atoms with Crippen molar-refractivity contribution in [2.45, 2.75) is 104 Å². The quantitative estimate of drug-likeness (QED) is 0.249. The number of fused-ring (bicyclic) bond motifs is 7. The first-order valence-corrected chi connectivity index (χ1v) is 21.0. The SMILES string of the molecule is COC(=O)c1ccc(C2=CC[C@]3(C)[C@H]4CC[C@@H]5[C@H]6CCC[C@]6(NCC[N+]6(C)CCS(=O)(=O)CC6)CC[C@@]5(C)[C@]4(C)CC[C@H]3C2(C)C)cc1. The lowest BCUT2D eigenvalue weighted by atomic mass is 9.33. The van der Waals surface area contributed by atoms with E-state index in [1.165, 1.54) is 76.0 Å². The van der Waals surface area contributed by atoms with Crippen molar-refractivity contribution in [1.29, 1.82) is 0 Å². The van der Waals surface area contributed by atoms with Crippen molar-refractivity contribution < 1.29 is 22.4 Å². The lowest BCUT2D eigenvalue weighted by Crippen LogP contribution is -2.67. The van der Waals surface area contributed by atoms with E-state index in [0.29, 0.717) is 33.8 Å². The van der Waals surface area contributed by atoms with E-state index in [1.807, 2.05) is 12.1 Å². The monoisotopic (exact) mass is 679 g/mol. The fraction of sp³-hybridized carbons (Fsp3) is 0.780. The minimum Gasteiger partial charge on any atom is -0.465 e. The molecule has 6 nitrogen and oxygen atoms in total. The van der Waals surface area contributed by atoms with Crippen molar-refractivity contribution in [3.8, 4) is 0 Å². The highest BCUT2D eigenvalue weighted by Gasteiger charge is 2.69. The number of esters is 1. The normalized spacial score (nSPS) is 42.4. The van der Waals surface area contributed by atoms with Crippen LogP contribution in [0.25, 0.3) is 5.57 Å². The summed E-state index contributed by atoms with van der Waals surface area (Å²) in [7, 11) is 0.868. The largest absolute Gasteiger partial charge is 0.465 e. The molecule has 1 heterocycles. The molecule has 1 aromatic rings. The summed E-state index contributed by atoms with van der Waals surface area (Å²) >= 11 is 0. The summed E-state index contributed by atoms with van der Waals surface area (Å²) in [5, 5.41) is 4.22. The van der Waals surface area contributed by atoms with E-state index in [0.717, 1.165) is 54.8 Å². The molecule has 0 amide bonds. The van der Waals surface area contributed by atoms with E-state index >= 15 is 0 Å². The molecule has 5 aliphatic carbocycles. The zero-order valence-corrected chi connectivity index (χ0v) is 31.8. The Morgan fingerprint density at radius 3 is 2.27 bits per heavy atom. The van der Waals surface area contributed by atoms with Crippen molar-refractivity contribution in [1.82, 2.24) is 5.32 Å². The number of hydrogen-bond donors (Lipinski definition) is 1. The number of hydrogen-bond acceptors (Lipinski definition) is 5. The van der Waals surface area contributed by atoms with Gasteiger partial charge in [0.15, 0.2) is 9.84 Å². The first-order valence-electron chi connectivity index (χ1n) is 19.2. The number of allylic oxidation sites excluding steroid dienone is 2. The summed E-state index contributed by atoms with van der Waals surface area (Å²) < 4.78 is 30.0. The maximum absolute atomic E-state index is 12.1. The third kappa shape index (κ3) is 5.21. The van der Waals surface area contributed by atoms with Crippen molar-refractivity contribution in [2.75, 3.05) is 51.8 Å².